The summed E-state index contributed by atoms with van der Waals surface area (Å²) in [4.78, 5) is 0. The molecule has 9 heavy (non-hydrogen) atoms. The lowest BCUT2D eigenvalue weighted by Gasteiger charge is -1.95. The number of rotatable bonds is 0. The Labute approximate surface area is 50.5 Å². The Bertz CT molecular complexity index is 93.0. The van der Waals surface area contributed by atoms with E-state index in [0.29, 0.717) is 0 Å². The van der Waals surface area contributed by atoms with E-state index in [1.165, 1.54) is 6.92 Å². The molecule has 2 nitrogen and oxygen atoms in total. The normalized spacial score (nSPS) is 8.89. The zero-order chi connectivity index (χ0) is 7.91. The summed E-state index contributed by atoms with van der Waals surface area (Å²) in [5, 5.41) is 14.6. The predicted octanol–water partition coefficient (Wildman–Crippen LogP) is 1.07. The fourth-order valence-corrected chi connectivity index (χ4v) is 0. The molecular weight excluding hydrogens is 135 g/mol. The van der Waals surface area contributed by atoms with E-state index in [0.717, 1.165) is 0 Å². The van der Waals surface area contributed by atoms with Gasteiger partial charge >= 0.3 is 6.18 Å². The van der Waals surface area contributed by atoms with Crippen molar-refractivity contribution in [2.75, 3.05) is 6.61 Å². The Kier molecular flexibility index (Phi) is 6.63. The molecule has 0 aromatic heterocycles. The van der Waals surface area contributed by atoms with Crippen LogP contribution in [0.2, 0.25) is 0 Å². The van der Waals surface area contributed by atoms with Gasteiger partial charge in [0.25, 0.3) is 0 Å². The van der Waals surface area contributed by atoms with Crippen molar-refractivity contribution in [3.8, 4) is 6.07 Å². The second kappa shape index (κ2) is 5.38. The van der Waals surface area contributed by atoms with Crippen LogP contribution >= 0.6 is 0 Å². The van der Waals surface area contributed by atoms with E-state index >= 15 is 0 Å². The lowest BCUT2D eigenvalue weighted by Crippen LogP contribution is -2.12. The van der Waals surface area contributed by atoms with Crippen molar-refractivity contribution in [2.24, 2.45) is 0 Å². The van der Waals surface area contributed by atoms with Crippen LogP contribution in [0.5, 0.6) is 0 Å². The van der Waals surface area contributed by atoms with Gasteiger partial charge in [-0.25, -0.2) is 0 Å². The van der Waals surface area contributed by atoms with E-state index in [1.54, 1.807) is 6.07 Å². The SMILES string of the molecule is CC#N.OCC(F)(F)F. The fraction of sp³-hybridized carbons (Fsp3) is 0.750. The van der Waals surface area contributed by atoms with Crippen molar-refractivity contribution >= 4 is 0 Å². The summed E-state index contributed by atoms with van der Waals surface area (Å²) in [6.07, 6.45) is -4.40. The van der Waals surface area contributed by atoms with E-state index in [1.807, 2.05) is 0 Å². The molecule has 0 heterocycles. The third-order valence-corrected chi connectivity index (χ3v) is 0.179. The van der Waals surface area contributed by atoms with Crippen LogP contribution in [0.1, 0.15) is 6.92 Å². The predicted molar refractivity (Wildman–Crippen MR) is 24.4 cm³/mol. The van der Waals surface area contributed by atoms with Gasteiger partial charge < -0.3 is 5.11 Å². The van der Waals surface area contributed by atoms with Gasteiger partial charge in [0.2, 0.25) is 0 Å². The fourth-order valence-electron chi connectivity index (χ4n) is 0. The standard InChI is InChI=1S/C2H3F3O.C2H3N/c3-2(4,5)1-6;1-2-3/h6H,1H2;1H3. The molecule has 54 valence electrons. The second-order valence-corrected chi connectivity index (χ2v) is 0.997. The Hall–Kier alpha value is -0.760. The molecule has 0 spiro atoms. The van der Waals surface area contributed by atoms with Crippen molar-refractivity contribution < 1.29 is 18.3 Å². The molecule has 1 N–H and O–H groups in total. The van der Waals surface area contributed by atoms with Crippen LogP contribution in [0.4, 0.5) is 13.2 Å². The van der Waals surface area contributed by atoms with Crippen molar-refractivity contribution in [1.29, 1.82) is 5.26 Å². The number of nitriles is 1. The van der Waals surface area contributed by atoms with Crippen LogP contribution in [0.3, 0.4) is 0 Å². The van der Waals surface area contributed by atoms with Crippen LogP contribution in [0.15, 0.2) is 0 Å². The van der Waals surface area contributed by atoms with Crippen LogP contribution in [-0.4, -0.2) is 17.9 Å². The van der Waals surface area contributed by atoms with E-state index in [2.05, 4.69) is 0 Å². The summed E-state index contributed by atoms with van der Waals surface area (Å²) in [7, 11) is 0. The maximum Gasteiger partial charge on any atom is 0.411 e. The van der Waals surface area contributed by atoms with Gasteiger partial charge in [-0.05, 0) is 0 Å². The van der Waals surface area contributed by atoms with Crippen molar-refractivity contribution in [1.82, 2.24) is 0 Å². The number of halogens is 3. The molecule has 0 rings (SSSR count). The molecule has 0 aliphatic rings. The molecule has 0 radical (unpaired) electrons. The zero-order valence-corrected chi connectivity index (χ0v) is 4.74. The highest BCUT2D eigenvalue weighted by molar-refractivity contribution is 4.51. The molecule has 0 saturated carbocycles. The van der Waals surface area contributed by atoms with E-state index in [9.17, 15) is 13.2 Å². The topological polar surface area (TPSA) is 44.0 Å². The average molecular weight is 141 g/mol. The van der Waals surface area contributed by atoms with Crippen LogP contribution < -0.4 is 0 Å². The molecule has 0 atom stereocenters. The number of aliphatic hydroxyl groups excluding tert-OH is 1. The van der Waals surface area contributed by atoms with Crippen molar-refractivity contribution in [3.05, 3.63) is 0 Å². The lowest BCUT2D eigenvalue weighted by atomic mass is 10.7. The van der Waals surface area contributed by atoms with E-state index < -0.39 is 12.8 Å². The Morgan fingerprint density at radius 1 is 1.56 bits per heavy atom. The van der Waals surface area contributed by atoms with E-state index in [-0.39, 0.29) is 0 Å². The minimum absolute atomic E-state index is 1.43. The molecule has 0 amide bonds. The summed E-state index contributed by atoms with van der Waals surface area (Å²) in [6, 6.07) is 1.75. The van der Waals surface area contributed by atoms with Gasteiger partial charge in [-0.3, -0.25) is 0 Å². The maximum atomic E-state index is 10.5. The summed E-state index contributed by atoms with van der Waals surface area (Å²) < 4.78 is 31.6. The number of hydrogen-bond acceptors (Lipinski definition) is 2. The van der Waals surface area contributed by atoms with Gasteiger partial charge in [-0.1, -0.05) is 0 Å². The zero-order valence-electron chi connectivity index (χ0n) is 4.74. The van der Waals surface area contributed by atoms with Crippen molar-refractivity contribution in [3.63, 3.8) is 0 Å². The molecule has 0 aliphatic heterocycles. The molecule has 0 bridgehead atoms. The molecule has 0 aliphatic carbocycles. The van der Waals surface area contributed by atoms with E-state index in [4.69, 9.17) is 10.4 Å². The lowest BCUT2D eigenvalue weighted by molar-refractivity contribution is -0.159. The Balaban J connectivity index is 0. The smallest absolute Gasteiger partial charge is 0.387 e. The van der Waals surface area contributed by atoms with Crippen LogP contribution in [-0.2, 0) is 0 Å². The van der Waals surface area contributed by atoms with Gasteiger partial charge in [0.1, 0.15) is 6.61 Å². The highest BCUT2D eigenvalue weighted by Gasteiger charge is 2.24. The van der Waals surface area contributed by atoms with Gasteiger partial charge in [0, 0.05) is 6.92 Å². The largest absolute Gasteiger partial charge is 0.411 e. The Morgan fingerprint density at radius 2 is 1.67 bits per heavy atom. The second-order valence-electron chi connectivity index (χ2n) is 0.997. The molecule has 5 heteroatoms. The minimum Gasteiger partial charge on any atom is -0.387 e. The molecule has 0 fully saturated rings. The van der Waals surface area contributed by atoms with Gasteiger partial charge in [0.05, 0.1) is 6.07 Å². The summed E-state index contributed by atoms with van der Waals surface area (Å²) in [5.41, 5.74) is 0. The monoisotopic (exact) mass is 141 g/mol. The summed E-state index contributed by atoms with van der Waals surface area (Å²) in [6.45, 7) is -0.299. The molecular formula is C4H6F3NO. The summed E-state index contributed by atoms with van der Waals surface area (Å²) >= 11 is 0. The van der Waals surface area contributed by atoms with Crippen LogP contribution in [0.25, 0.3) is 0 Å². The Morgan fingerprint density at radius 3 is 1.67 bits per heavy atom. The molecule has 0 aromatic rings. The summed E-state index contributed by atoms with van der Waals surface area (Å²) in [5.74, 6) is 0. The maximum absolute atomic E-state index is 10.5. The van der Waals surface area contributed by atoms with Gasteiger partial charge in [0.15, 0.2) is 0 Å². The number of hydrogen-bond donors (Lipinski definition) is 1. The van der Waals surface area contributed by atoms with Crippen molar-refractivity contribution in [2.45, 2.75) is 13.1 Å². The molecule has 0 unspecified atom stereocenters. The first-order chi connectivity index (χ1) is 3.97. The molecule has 0 aromatic carbocycles. The quantitative estimate of drug-likeness (QED) is 0.548. The third kappa shape index (κ3) is 39.6. The minimum atomic E-state index is -4.40. The number of nitrogens with zero attached hydrogens (tertiary/aromatic N) is 1. The first kappa shape index (κ1) is 11.1. The number of aliphatic hydroxyl groups is 1. The van der Waals surface area contributed by atoms with Gasteiger partial charge in [-0.2, -0.15) is 18.4 Å². The highest BCUT2D eigenvalue weighted by atomic mass is 19.4. The third-order valence-electron chi connectivity index (χ3n) is 0.179. The van der Waals surface area contributed by atoms with Crippen LogP contribution in [0, 0.1) is 11.3 Å². The van der Waals surface area contributed by atoms with Gasteiger partial charge in [-0.15, -0.1) is 0 Å². The highest BCUT2D eigenvalue weighted by Crippen LogP contribution is 2.11. The average Bonchev–Trinajstić information content (AvgIpc) is 1.67. The first-order valence-electron chi connectivity index (χ1n) is 1.96. The number of alkyl halides is 3. The first-order valence-corrected chi connectivity index (χ1v) is 1.96. The molecule has 0 saturated heterocycles.